The van der Waals surface area contributed by atoms with Gasteiger partial charge in [0.05, 0.1) is 16.1 Å². The molecule has 0 spiro atoms. The highest BCUT2D eigenvalue weighted by Gasteiger charge is 2.25. The molecule has 0 saturated heterocycles. The van der Waals surface area contributed by atoms with Gasteiger partial charge in [-0.1, -0.05) is 23.2 Å². The Hall–Kier alpha value is -0.570. The summed E-state index contributed by atoms with van der Waals surface area (Å²) < 4.78 is 0. The van der Waals surface area contributed by atoms with Gasteiger partial charge in [0.25, 0.3) is 0 Å². The lowest BCUT2D eigenvalue weighted by atomic mass is 9.88. The van der Waals surface area contributed by atoms with Crippen molar-refractivity contribution in [2.24, 2.45) is 5.73 Å². The van der Waals surface area contributed by atoms with E-state index in [9.17, 15) is 4.79 Å². The third-order valence-corrected chi connectivity index (χ3v) is 3.20. The van der Waals surface area contributed by atoms with Gasteiger partial charge in [0.15, 0.2) is 5.78 Å². The van der Waals surface area contributed by atoms with Crippen molar-refractivity contribution in [3.63, 3.8) is 0 Å². The van der Waals surface area contributed by atoms with E-state index in [0.29, 0.717) is 22.0 Å². The van der Waals surface area contributed by atoms with Gasteiger partial charge in [0.2, 0.25) is 0 Å². The fourth-order valence-corrected chi connectivity index (χ4v) is 2.02. The van der Waals surface area contributed by atoms with Crippen molar-refractivity contribution in [2.45, 2.75) is 18.9 Å². The highest BCUT2D eigenvalue weighted by atomic mass is 35.5. The van der Waals surface area contributed by atoms with Gasteiger partial charge >= 0.3 is 0 Å². The molecule has 74 valence electrons. The topological polar surface area (TPSA) is 43.1 Å². The maximum Gasteiger partial charge on any atom is 0.179 e. The highest BCUT2D eigenvalue weighted by Crippen LogP contribution is 2.30. The van der Waals surface area contributed by atoms with Gasteiger partial charge in [0.1, 0.15) is 0 Å². The molecule has 0 radical (unpaired) electrons. The van der Waals surface area contributed by atoms with E-state index in [1.54, 1.807) is 12.1 Å². The molecule has 1 aromatic rings. The number of hydrogen-bond acceptors (Lipinski definition) is 2. The van der Waals surface area contributed by atoms with Crippen molar-refractivity contribution in [3.8, 4) is 0 Å². The van der Waals surface area contributed by atoms with Crippen LogP contribution in [0.15, 0.2) is 12.1 Å². The fourth-order valence-electron chi connectivity index (χ4n) is 1.67. The van der Waals surface area contributed by atoms with Crippen molar-refractivity contribution in [1.29, 1.82) is 0 Å². The normalized spacial score (nSPS) is 20.8. The Morgan fingerprint density at radius 3 is 2.64 bits per heavy atom. The molecule has 1 aromatic carbocycles. The van der Waals surface area contributed by atoms with E-state index in [0.717, 1.165) is 12.0 Å². The fraction of sp³-hybridized carbons (Fsp3) is 0.300. The quantitative estimate of drug-likeness (QED) is 0.743. The zero-order valence-electron chi connectivity index (χ0n) is 7.39. The molecule has 0 aliphatic heterocycles. The Bertz CT molecular complexity index is 403. The van der Waals surface area contributed by atoms with Crippen LogP contribution in [0.5, 0.6) is 0 Å². The monoisotopic (exact) mass is 229 g/mol. The molecule has 2 N–H and O–H groups in total. The summed E-state index contributed by atoms with van der Waals surface area (Å²) in [6.07, 6.45) is 1.48. The molecule has 2 rings (SSSR count). The number of carbonyl (C=O) groups excluding carboxylic acids is 1. The average molecular weight is 230 g/mol. The van der Waals surface area contributed by atoms with E-state index in [2.05, 4.69) is 0 Å². The van der Waals surface area contributed by atoms with Gasteiger partial charge in [-0.2, -0.15) is 0 Å². The van der Waals surface area contributed by atoms with Crippen molar-refractivity contribution >= 4 is 29.0 Å². The van der Waals surface area contributed by atoms with Crippen LogP contribution in [0.3, 0.4) is 0 Å². The number of Topliss-reactive ketones (excluding diaryl/α,β-unsaturated/α-hetero) is 1. The summed E-state index contributed by atoms with van der Waals surface area (Å²) in [5.74, 6) is -0.0372. The van der Waals surface area contributed by atoms with E-state index >= 15 is 0 Å². The molecule has 1 atom stereocenters. The van der Waals surface area contributed by atoms with Gasteiger partial charge in [0, 0.05) is 5.56 Å². The number of nitrogens with two attached hydrogens (primary N) is 1. The lowest BCUT2D eigenvalue weighted by Crippen LogP contribution is -2.35. The Morgan fingerprint density at radius 2 is 1.93 bits per heavy atom. The summed E-state index contributed by atoms with van der Waals surface area (Å²) >= 11 is 11.7. The first-order chi connectivity index (χ1) is 6.59. The smallest absolute Gasteiger partial charge is 0.179 e. The Kier molecular flexibility index (Phi) is 2.52. The summed E-state index contributed by atoms with van der Waals surface area (Å²) in [5.41, 5.74) is 7.23. The van der Waals surface area contributed by atoms with Crippen LogP contribution in [-0.2, 0) is 6.42 Å². The summed E-state index contributed by atoms with van der Waals surface area (Å²) in [6.45, 7) is 0. The van der Waals surface area contributed by atoms with Gasteiger partial charge in [-0.15, -0.1) is 0 Å². The molecule has 0 bridgehead atoms. The maximum atomic E-state index is 11.7. The van der Waals surface area contributed by atoms with Gasteiger partial charge in [-0.3, -0.25) is 4.79 Å². The van der Waals surface area contributed by atoms with Crippen molar-refractivity contribution in [3.05, 3.63) is 33.3 Å². The molecule has 0 saturated carbocycles. The van der Waals surface area contributed by atoms with E-state index in [1.807, 2.05) is 0 Å². The third-order valence-electron chi connectivity index (χ3n) is 2.47. The second-order valence-electron chi connectivity index (χ2n) is 3.43. The van der Waals surface area contributed by atoms with Crippen LogP contribution >= 0.6 is 23.2 Å². The second-order valence-corrected chi connectivity index (χ2v) is 4.25. The maximum absolute atomic E-state index is 11.7. The van der Waals surface area contributed by atoms with Crippen molar-refractivity contribution in [2.75, 3.05) is 0 Å². The van der Waals surface area contributed by atoms with E-state index in [1.165, 1.54) is 0 Å². The first-order valence-electron chi connectivity index (χ1n) is 4.37. The summed E-state index contributed by atoms with van der Waals surface area (Å²) in [5, 5.41) is 0.904. The number of carbonyl (C=O) groups is 1. The number of aryl methyl sites for hydroxylation is 1. The standard InChI is InChI=1S/C10H9Cl2NO/c11-7-3-5-1-2-9(13)10(14)6(5)4-8(7)12/h3-4,9H,1-2,13H2. The van der Waals surface area contributed by atoms with Gasteiger partial charge in [-0.25, -0.2) is 0 Å². The van der Waals surface area contributed by atoms with Crippen LogP contribution in [0.25, 0.3) is 0 Å². The molecule has 2 nitrogen and oxygen atoms in total. The largest absolute Gasteiger partial charge is 0.321 e. The molecule has 0 heterocycles. The van der Waals surface area contributed by atoms with Crippen LogP contribution in [0, 0.1) is 0 Å². The van der Waals surface area contributed by atoms with Crippen LogP contribution in [0.4, 0.5) is 0 Å². The number of ketones is 1. The minimum Gasteiger partial charge on any atom is -0.321 e. The summed E-state index contributed by atoms with van der Waals surface area (Å²) in [7, 11) is 0. The minimum absolute atomic E-state index is 0.0372. The number of hydrogen-bond donors (Lipinski definition) is 1. The Morgan fingerprint density at radius 1 is 1.29 bits per heavy atom. The molecule has 0 aromatic heterocycles. The molecule has 14 heavy (non-hydrogen) atoms. The zero-order chi connectivity index (χ0) is 10.3. The molecule has 4 heteroatoms. The van der Waals surface area contributed by atoms with Crippen LogP contribution in [-0.4, -0.2) is 11.8 Å². The van der Waals surface area contributed by atoms with E-state index < -0.39 is 0 Å². The number of benzene rings is 1. The first-order valence-corrected chi connectivity index (χ1v) is 5.13. The van der Waals surface area contributed by atoms with Crippen molar-refractivity contribution < 1.29 is 4.79 Å². The molecule has 0 amide bonds. The molecular formula is C10H9Cl2NO. The molecule has 1 unspecified atom stereocenters. The number of fused-ring (bicyclic) bond motifs is 1. The van der Waals surface area contributed by atoms with E-state index in [4.69, 9.17) is 28.9 Å². The zero-order valence-corrected chi connectivity index (χ0v) is 8.90. The Balaban J connectivity index is 2.56. The number of halogens is 2. The minimum atomic E-state index is -0.389. The van der Waals surface area contributed by atoms with E-state index in [-0.39, 0.29) is 11.8 Å². The first kappa shape index (κ1) is 9.97. The highest BCUT2D eigenvalue weighted by molar-refractivity contribution is 6.42. The number of rotatable bonds is 0. The van der Waals surface area contributed by atoms with Gasteiger partial charge in [-0.05, 0) is 30.5 Å². The SMILES string of the molecule is NC1CCc2cc(Cl)c(Cl)cc2C1=O. The van der Waals surface area contributed by atoms with Crippen molar-refractivity contribution in [1.82, 2.24) is 0 Å². The predicted octanol–water partition coefficient (Wildman–Crippen LogP) is 2.45. The molecule has 1 aliphatic rings. The lowest BCUT2D eigenvalue weighted by Gasteiger charge is -2.20. The summed E-state index contributed by atoms with van der Waals surface area (Å²) in [6, 6.07) is 2.98. The molecular weight excluding hydrogens is 221 g/mol. The van der Waals surface area contributed by atoms with Crippen LogP contribution < -0.4 is 5.73 Å². The van der Waals surface area contributed by atoms with Crippen LogP contribution in [0.2, 0.25) is 10.0 Å². The Labute approximate surface area is 92.0 Å². The lowest BCUT2D eigenvalue weighted by molar-refractivity contribution is 0.0948. The van der Waals surface area contributed by atoms with Gasteiger partial charge < -0.3 is 5.73 Å². The third kappa shape index (κ3) is 1.54. The predicted molar refractivity (Wildman–Crippen MR) is 57.1 cm³/mol. The molecule has 1 aliphatic carbocycles. The van der Waals surface area contributed by atoms with Crippen LogP contribution in [0.1, 0.15) is 22.3 Å². The average Bonchev–Trinajstić information content (AvgIpc) is 2.15. The summed E-state index contributed by atoms with van der Waals surface area (Å²) in [4.78, 5) is 11.7. The second kappa shape index (κ2) is 3.54. The molecule has 0 fully saturated rings.